The van der Waals surface area contributed by atoms with Gasteiger partial charge < -0.3 is 0 Å². The Balaban J connectivity index is 2.62. The number of hydrogen-bond donors (Lipinski definition) is 0. The van der Waals surface area contributed by atoms with Crippen LogP contribution in [0.15, 0.2) is 0 Å². The van der Waals surface area contributed by atoms with Crippen LogP contribution >= 0.6 is 0 Å². The first kappa shape index (κ1) is 11.1. The molecule has 0 saturated heterocycles. The highest BCUT2D eigenvalue weighted by molar-refractivity contribution is 5.12. The number of rotatable bonds is 6. The average Bonchev–Trinajstić information content (AvgIpc) is 2.76. The van der Waals surface area contributed by atoms with Crippen molar-refractivity contribution < 1.29 is 0 Å². The second-order valence-electron chi connectivity index (χ2n) is 4.94. The lowest BCUT2D eigenvalue weighted by molar-refractivity contribution is 0.273. The fraction of sp³-hybridized carbons (Fsp3) is 1.00. The van der Waals surface area contributed by atoms with Crippen molar-refractivity contribution in [1.82, 2.24) is 0 Å². The summed E-state index contributed by atoms with van der Waals surface area (Å²) >= 11 is 0. The zero-order chi connectivity index (χ0) is 9.95. The van der Waals surface area contributed by atoms with E-state index in [1.54, 1.807) is 0 Å². The van der Waals surface area contributed by atoms with E-state index in [9.17, 15) is 0 Å². The fourth-order valence-electron chi connectivity index (χ4n) is 3.64. The highest BCUT2D eigenvalue weighted by atomic mass is 14.7. The molecule has 78 valence electrons. The Morgan fingerprint density at radius 3 is 1.46 bits per heavy atom. The van der Waals surface area contributed by atoms with Crippen LogP contribution in [0.25, 0.3) is 0 Å². The lowest BCUT2D eigenvalue weighted by Crippen LogP contribution is -2.13. The van der Waals surface area contributed by atoms with Crippen LogP contribution in [0.5, 0.6) is 0 Å². The van der Waals surface area contributed by atoms with Gasteiger partial charge in [-0.1, -0.05) is 40.5 Å². The van der Waals surface area contributed by atoms with E-state index in [0.717, 1.165) is 10.8 Å². The van der Waals surface area contributed by atoms with E-state index in [0.29, 0.717) is 0 Å². The molecule has 0 atom stereocenters. The molecule has 0 spiro atoms. The summed E-state index contributed by atoms with van der Waals surface area (Å²) in [6, 6.07) is 0. The summed E-state index contributed by atoms with van der Waals surface area (Å²) in [4.78, 5) is 0. The van der Waals surface area contributed by atoms with Gasteiger partial charge in [-0.2, -0.15) is 0 Å². The summed E-state index contributed by atoms with van der Waals surface area (Å²) < 4.78 is 0. The minimum Gasteiger partial charge on any atom is -0.0654 e. The van der Waals surface area contributed by atoms with E-state index in [4.69, 9.17) is 0 Å². The highest BCUT2D eigenvalue weighted by Gasteiger charge is 2.62. The van der Waals surface area contributed by atoms with Crippen molar-refractivity contribution >= 4 is 0 Å². The van der Waals surface area contributed by atoms with E-state index < -0.39 is 0 Å². The Labute approximate surface area is 84.1 Å². The van der Waals surface area contributed by atoms with Crippen molar-refractivity contribution in [3.63, 3.8) is 0 Å². The monoisotopic (exact) mass is 182 g/mol. The summed E-state index contributed by atoms with van der Waals surface area (Å²) in [5.41, 5.74) is 1.51. The Hall–Kier alpha value is 0. The quantitative estimate of drug-likeness (QED) is 0.554. The van der Waals surface area contributed by atoms with E-state index in [1.807, 2.05) is 0 Å². The maximum Gasteiger partial charge on any atom is -0.0236 e. The van der Waals surface area contributed by atoms with Gasteiger partial charge in [-0.3, -0.25) is 0 Å². The third-order valence-electron chi connectivity index (χ3n) is 4.49. The van der Waals surface area contributed by atoms with Gasteiger partial charge in [0.25, 0.3) is 0 Å². The van der Waals surface area contributed by atoms with Gasteiger partial charge in [0.05, 0.1) is 0 Å². The van der Waals surface area contributed by atoms with Crippen LogP contribution < -0.4 is 0 Å². The summed E-state index contributed by atoms with van der Waals surface area (Å²) in [5, 5.41) is 0. The molecule has 0 N–H and O–H groups in total. The summed E-state index contributed by atoms with van der Waals surface area (Å²) in [7, 11) is 0. The molecule has 0 bridgehead atoms. The van der Waals surface area contributed by atoms with E-state index in [1.165, 1.54) is 44.9 Å². The maximum atomic E-state index is 2.39. The van der Waals surface area contributed by atoms with Gasteiger partial charge in [0, 0.05) is 0 Å². The molecule has 0 nitrogen and oxygen atoms in total. The molecular weight excluding hydrogens is 156 g/mol. The Kier molecular flexibility index (Phi) is 3.43. The first-order valence-electron chi connectivity index (χ1n) is 6.20. The van der Waals surface area contributed by atoms with Crippen molar-refractivity contribution in [3.05, 3.63) is 0 Å². The molecule has 0 aliphatic heterocycles. The van der Waals surface area contributed by atoms with Crippen LogP contribution in [0, 0.1) is 10.8 Å². The molecule has 13 heavy (non-hydrogen) atoms. The van der Waals surface area contributed by atoms with Gasteiger partial charge in [-0.25, -0.2) is 0 Å². The van der Waals surface area contributed by atoms with Crippen LogP contribution in [0.2, 0.25) is 0 Å². The molecule has 1 saturated carbocycles. The highest BCUT2D eigenvalue weighted by Crippen LogP contribution is 2.72. The van der Waals surface area contributed by atoms with Crippen LogP contribution in [0.4, 0.5) is 0 Å². The molecule has 0 aromatic rings. The standard InChI is InChI=1S/C13H26/c1-5-9-13(10-6-2)11-12(13,7-3)8-4/h5-11H2,1-4H3. The first-order chi connectivity index (χ1) is 6.20. The molecule has 1 aliphatic carbocycles. The largest absolute Gasteiger partial charge is 0.0654 e. The van der Waals surface area contributed by atoms with Gasteiger partial charge >= 0.3 is 0 Å². The normalized spacial score (nSPS) is 23.1. The third-order valence-corrected chi connectivity index (χ3v) is 4.49. The van der Waals surface area contributed by atoms with Crippen LogP contribution in [-0.2, 0) is 0 Å². The predicted molar refractivity (Wildman–Crippen MR) is 59.9 cm³/mol. The predicted octanol–water partition coefficient (Wildman–Crippen LogP) is 4.78. The van der Waals surface area contributed by atoms with Crippen molar-refractivity contribution in [1.29, 1.82) is 0 Å². The lowest BCUT2D eigenvalue weighted by Gasteiger charge is -2.23. The molecule has 0 aromatic heterocycles. The van der Waals surface area contributed by atoms with Crippen molar-refractivity contribution in [2.45, 2.75) is 72.6 Å². The maximum absolute atomic E-state index is 2.39. The van der Waals surface area contributed by atoms with Gasteiger partial charge in [-0.05, 0) is 42.9 Å². The molecule has 1 fully saturated rings. The second-order valence-corrected chi connectivity index (χ2v) is 4.94. The molecule has 1 aliphatic rings. The van der Waals surface area contributed by atoms with E-state index >= 15 is 0 Å². The van der Waals surface area contributed by atoms with Crippen molar-refractivity contribution in [2.75, 3.05) is 0 Å². The smallest absolute Gasteiger partial charge is 0.0236 e. The van der Waals surface area contributed by atoms with Crippen molar-refractivity contribution in [2.24, 2.45) is 10.8 Å². The minimum atomic E-state index is 0.749. The van der Waals surface area contributed by atoms with Gasteiger partial charge in [-0.15, -0.1) is 0 Å². The Morgan fingerprint density at radius 1 is 0.769 bits per heavy atom. The molecular formula is C13H26. The summed E-state index contributed by atoms with van der Waals surface area (Å²) in [5.74, 6) is 0. The lowest BCUT2D eigenvalue weighted by atomic mass is 9.82. The molecule has 0 unspecified atom stereocenters. The van der Waals surface area contributed by atoms with Crippen LogP contribution in [0.1, 0.15) is 72.6 Å². The topological polar surface area (TPSA) is 0 Å². The Bertz CT molecular complexity index is 147. The van der Waals surface area contributed by atoms with Gasteiger partial charge in [0.1, 0.15) is 0 Å². The number of hydrogen-bond acceptors (Lipinski definition) is 0. The third kappa shape index (κ3) is 1.65. The van der Waals surface area contributed by atoms with Crippen LogP contribution in [0.3, 0.4) is 0 Å². The zero-order valence-corrected chi connectivity index (χ0v) is 9.95. The van der Waals surface area contributed by atoms with E-state index in [2.05, 4.69) is 27.7 Å². The molecule has 1 rings (SSSR count). The van der Waals surface area contributed by atoms with Gasteiger partial charge in [0.2, 0.25) is 0 Å². The van der Waals surface area contributed by atoms with E-state index in [-0.39, 0.29) is 0 Å². The van der Waals surface area contributed by atoms with Crippen LogP contribution in [-0.4, -0.2) is 0 Å². The molecule has 0 radical (unpaired) electrons. The molecule has 0 aromatic carbocycles. The molecule has 0 amide bonds. The summed E-state index contributed by atoms with van der Waals surface area (Å²) in [6.07, 6.45) is 10.0. The minimum absolute atomic E-state index is 0.749. The van der Waals surface area contributed by atoms with Gasteiger partial charge in [0.15, 0.2) is 0 Å². The molecule has 0 heterocycles. The SMILES string of the molecule is CCCC1(CCC)CC1(CC)CC. The average molecular weight is 182 g/mol. The zero-order valence-electron chi connectivity index (χ0n) is 9.95. The Morgan fingerprint density at radius 2 is 1.23 bits per heavy atom. The summed E-state index contributed by atoms with van der Waals surface area (Å²) in [6.45, 7) is 9.45. The molecule has 0 heteroatoms. The second kappa shape index (κ2) is 4.02. The van der Waals surface area contributed by atoms with Crippen molar-refractivity contribution in [3.8, 4) is 0 Å². The first-order valence-corrected chi connectivity index (χ1v) is 6.20. The fourth-order valence-corrected chi connectivity index (χ4v) is 3.64.